The van der Waals surface area contributed by atoms with Crippen molar-refractivity contribution in [3.8, 4) is 22.9 Å². The van der Waals surface area contributed by atoms with E-state index in [4.69, 9.17) is 14.2 Å². The fraction of sp³-hybridized carbons (Fsp3) is 0.400. The van der Waals surface area contributed by atoms with Crippen molar-refractivity contribution in [2.75, 3.05) is 25.0 Å². The highest BCUT2D eigenvalue weighted by Crippen LogP contribution is 2.31. The Hall–Kier alpha value is -4.62. The molecule has 0 saturated heterocycles. The number of nitrogens with one attached hydrogen (secondary N) is 1. The first-order valence-corrected chi connectivity index (χ1v) is 17.2. The third-order valence-corrected chi connectivity index (χ3v) is 9.09. The molecular weight excluding hydrogens is 632 g/mol. The zero-order chi connectivity index (χ0) is 34.6. The standard InChI is InChI=1S/C35H42N6O6S/c1-22-10-8-11-23(2)32(22)29-15-31-39-34(38-29)40-48(43,44)28-13-9-12-25(14-28)33(42)41(26(21-46-31)16-35(4,5)6)19-30-36-17-27(18-37-30)47-24(3)20-45-7/h8-15,17-18,24,26H,16,19-21H2,1-7H3,(H,38,39,40). The van der Waals surface area contributed by atoms with Gasteiger partial charge in [-0.2, -0.15) is 4.98 Å². The molecular formula is C35H42N6O6S. The van der Waals surface area contributed by atoms with E-state index < -0.39 is 22.0 Å². The molecule has 13 heteroatoms. The zero-order valence-electron chi connectivity index (χ0n) is 28.4. The summed E-state index contributed by atoms with van der Waals surface area (Å²) < 4.78 is 47.1. The second kappa shape index (κ2) is 14.2. The number of hydrogen-bond acceptors (Lipinski definition) is 10. The van der Waals surface area contributed by atoms with Crippen LogP contribution in [-0.2, 0) is 21.3 Å². The summed E-state index contributed by atoms with van der Waals surface area (Å²) in [4.78, 5) is 33.9. The maximum absolute atomic E-state index is 14.3. The predicted molar refractivity (Wildman–Crippen MR) is 181 cm³/mol. The minimum absolute atomic E-state index is 0.0365. The van der Waals surface area contributed by atoms with Crippen molar-refractivity contribution in [3.63, 3.8) is 0 Å². The molecule has 2 unspecified atom stereocenters. The van der Waals surface area contributed by atoms with Crippen molar-refractivity contribution < 1.29 is 27.4 Å². The number of nitrogens with zero attached hydrogens (tertiary/aromatic N) is 5. The maximum Gasteiger partial charge on any atom is 0.264 e. The molecule has 0 fully saturated rings. The largest absolute Gasteiger partial charge is 0.485 e. The molecule has 0 radical (unpaired) electrons. The summed E-state index contributed by atoms with van der Waals surface area (Å²) in [5.41, 5.74) is 3.25. The van der Waals surface area contributed by atoms with E-state index in [0.717, 1.165) is 16.7 Å². The van der Waals surface area contributed by atoms with E-state index >= 15 is 0 Å². The third kappa shape index (κ3) is 8.45. The van der Waals surface area contributed by atoms with Crippen LogP contribution >= 0.6 is 0 Å². The van der Waals surface area contributed by atoms with Gasteiger partial charge in [0.25, 0.3) is 15.9 Å². The molecule has 12 nitrogen and oxygen atoms in total. The van der Waals surface area contributed by atoms with Gasteiger partial charge in [0.05, 0.1) is 42.2 Å². The molecule has 4 bridgehead atoms. The number of anilines is 1. The summed E-state index contributed by atoms with van der Waals surface area (Å²) in [6.07, 6.45) is 3.47. The highest BCUT2D eigenvalue weighted by molar-refractivity contribution is 7.92. The second-order valence-corrected chi connectivity index (χ2v) is 14.9. The first-order chi connectivity index (χ1) is 22.7. The summed E-state index contributed by atoms with van der Waals surface area (Å²) in [5, 5.41) is 0. The summed E-state index contributed by atoms with van der Waals surface area (Å²) in [5.74, 6) is 0.487. The molecule has 254 valence electrons. The minimum Gasteiger partial charge on any atom is -0.485 e. The predicted octanol–water partition coefficient (Wildman–Crippen LogP) is 5.60. The number of hydrogen-bond donors (Lipinski definition) is 1. The van der Waals surface area contributed by atoms with Gasteiger partial charge in [-0.1, -0.05) is 45.0 Å². The van der Waals surface area contributed by atoms with Crippen LogP contribution in [-0.4, -0.2) is 71.6 Å². The number of aromatic nitrogens is 4. The lowest BCUT2D eigenvalue weighted by molar-refractivity contribution is 0.0504. The van der Waals surface area contributed by atoms with Crippen LogP contribution in [0.2, 0.25) is 0 Å². The number of carbonyl (C=O) groups excluding carboxylic acids is 1. The smallest absolute Gasteiger partial charge is 0.264 e. The van der Waals surface area contributed by atoms with Gasteiger partial charge in [-0.15, -0.1) is 0 Å². The van der Waals surface area contributed by atoms with Crippen molar-refractivity contribution >= 4 is 21.9 Å². The Kier molecular flexibility index (Phi) is 10.3. The Bertz CT molecular complexity index is 1860. The van der Waals surface area contributed by atoms with Crippen LogP contribution in [0.3, 0.4) is 0 Å². The van der Waals surface area contributed by atoms with Crippen molar-refractivity contribution in [3.05, 3.63) is 83.4 Å². The second-order valence-electron chi connectivity index (χ2n) is 13.2. The van der Waals surface area contributed by atoms with Crippen molar-refractivity contribution in [2.24, 2.45) is 5.41 Å². The number of amides is 1. The Morgan fingerprint density at radius 2 is 1.73 bits per heavy atom. The lowest BCUT2D eigenvalue weighted by Crippen LogP contribution is -2.45. The average Bonchev–Trinajstić information content (AvgIpc) is 3.01. The van der Waals surface area contributed by atoms with Gasteiger partial charge in [0, 0.05) is 24.3 Å². The number of fused-ring (bicyclic) bond motifs is 4. The quantitative estimate of drug-likeness (QED) is 0.251. The molecule has 2 aromatic carbocycles. The van der Waals surface area contributed by atoms with Crippen molar-refractivity contribution in [1.82, 2.24) is 24.8 Å². The van der Waals surface area contributed by atoms with E-state index in [1.54, 1.807) is 36.5 Å². The molecule has 4 aromatic rings. The molecule has 1 aliphatic heterocycles. The highest BCUT2D eigenvalue weighted by Gasteiger charge is 2.32. The Morgan fingerprint density at radius 3 is 2.40 bits per heavy atom. The number of aryl methyl sites for hydroxylation is 2. The number of rotatable bonds is 8. The van der Waals surface area contributed by atoms with Crippen LogP contribution in [0.4, 0.5) is 5.95 Å². The van der Waals surface area contributed by atoms with Gasteiger partial charge in [-0.3, -0.25) is 4.79 Å². The molecule has 0 spiro atoms. The molecule has 0 saturated carbocycles. The van der Waals surface area contributed by atoms with Crippen LogP contribution in [0, 0.1) is 19.3 Å². The van der Waals surface area contributed by atoms with E-state index in [9.17, 15) is 13.2 Å². The highest BCUT2D eigenvalue weighted by atomic mass is 32.2. The van der Waals surface area contributed by atoms with Gasteiger partial charge in [-0.25, -0.2) is 28.1 Å². The van der Waals surface area contributed by atoms with Gasteiger partial charge in [0.1, 0.15) is 18.5 Å². The van der Waals surface area contributed by atoms with E-state index in [1.807, 2.05) is 39.0 Å². The third-order valence-electron chi connectivity index (χ3n) is 7.76. The lowest BCUT2D eigenvalue weighted by atomic mass is 9.87. The normalized spacial score (nSPS) is 16.9. The molecule has 1 amide bonds. The van der Waals surface area contributed by atoms with Crippen LogP contribution in [0.5, 0.6) is 11.6 Å². The molecule has 2 atom stereocenters. The number of carbonyl (C=O) groups is 1. The van der Waals surface area contributed by atoms with E-state index in [0.29, 0.717) is 30.3 Å². The maximum atomic E-state index is 14.3. The Balaban J connectivity index is 1.60. The summed E-state index contributed by atoms with van der Waals surface area (Å²) >= 11 is 0. The van der Waals surface area contributed by atoms with Gasteiger partial charge in [-0.05, 0) is 61.9 Å². The SMILES string of the molecule is COCC(C)Oc1cnc(CN2C(=O)c3cccc(c3)S(=O)(=O)Nc3nc(cc(-c4c(C)cccc4C)n3)OCC2CC(C)(C)C)nc1. The fourth-order valence-electron chi connectivity index (χ4n) is 5.69. The number of ether oxygens (including phenoxy) is 3. The van der Waals surface area contributed by atoms with Gasteiger partial charge < -0.3 is 19.1 Å². The minimum atomic E-state index is -4.19. The van der Waals surface area contributed by atoms with Crippen LogP contribution in [0.25, 0.3) is 11.3 Å². The Morgan fingerprint density at radius 1 is 1.04 bits per heavy atom. The average molecular weight is 675 g/mol. The van der Waals surface area contributed by atoms with Gasteiger partial charge >= 0.3 is 0 Å². The first-order valence-electron chi connectivity index (χ1n) is 15.7. The van der Waals surface area contributed by atoms with Crippen LogP contribution in [0.1, 0.15) is 61.4 Å². The van der Waals surface area contributed by atoms with Crippen molar-refractivity contribution in [2.45, 2.75) is 71.5 Å². The monoisotopic (exact) mass is 674 g/mol. The summed E-state index contributed by atoms with van der Waals surface area (Å²) in [6, 6.07) is 13.0. The van der Waals surface area contributed by atoms with Gasteiger partial charge in [0.15, 0.2) is 5.75 Å². The lowest BCUT2D eigenvalue weighted by Gasteiger charge is -2.35. The molecule has 1 N–H and O–H groups in total. The van der Waals surface area contributed by atoms with Crippen LogP contribution < -0.4 is 14.2 Å². The number of methoxy groups -OCH3 is 1. The molecule has 0 aliphatic carbocycles. The first kappa shape index (κ1) is 34.7. The van der Waals surface area contributed by atoms with Crippen LogP contribution in [0.15, 0.2) is 65.8 Å². The van der Waals surface area contributed by atoms with E-state index in [1.165, 1.54) is 18.2 Å². The molecule has 2 aromatic heterocycles. The molecule has 5 rings (SSSR count). The van der Waals surface area contributed by atoms with Crippen molar-refractivity contribution in [1.29, 1.82) is 0 Å². The molecule has 3 heterocycles. The van der Waals surface area contributed by atoms with E-state index in [-0.39, 0.29) is 47.0 Å². The van der Waals surface area contributed by atoms with Gasteiger partial charge in [0.2, 0.25) is 11.8 Å². The number of benzene rings is 2. The molecule has 1 aliphatic rings. The fourth-order valence-corrected chi connectivity index (χ4v) is 6.67. The summed E-state index contributed by atoms with van der Waals surface area (Å²) in [7, 11) is -2.59. The summed E-state index contributed by atoms with van der Waals surface area (Å²) in [6.45, 7) is 12.6. The van der Waals surface area contributed by atoms with E-state index in [2.05, 4.69) is 45.4 Å². The Labute approximate surface area is 282 Å². The number of sulfonamides is 1. The molecule has 48 heavy (non-hydrogen) atoms. The zero-order valence-corrected chi connectivity index (χ0v) is 29.2. The topological polar surface area (TPSA) is 146 Å².